The lowest BCUT2D eigenvalue weighted by Gasteiger charge is -2.15. The van der Waals surface area contributed by atoms with E-state index in [-0.39, 0.29) is 22.9 Å². The van der Waals surface area contributed by atoms with E-state index in [0.717, 1.165) is 17.7 Å². The summed E-state index contributed by atoms with van der Waals surface area (Å²) in [7, 11) is 0. The predicted molar refractivity (Wildman–Crippen MR) is 117 cm³/mol. The third kappa shape index (κ3) is 6.24. The number of amides is 1. The van der Waals surface area contributed by atoms with Crippen molar-refractivity contribution in [3.63, 3.8) is 0 Å². The molecule has 0 bridgehead atoms. The molecule has 1 N–H and O–H groups in total. The van der Waals surface area contributed by atoms with Crippen LogP contribution in [0.5, 0.6) is 5.75 Å². The second-order valence-electron chi connectivity index (χ2n) is 6.88. The fourth-order valence-corrected chi connectivity index (χ4v) is 3.21. The van der Waals surface area contributed by atoms with Crippen molar-refractivity contribution in [2.24, 2.45) is 0 Å². The van der Waals surface area contributed by atoms with Crippen molar-refractivity contribution in [1.29, 1.82) is 0 Å². The maximum atomic E-state index is 13.3. The van der Waals surface area contributed by atoms with Crippen LogP contribution in [0.4, 0.5) is 18.9 Å². The number of carbonyl (C=O) groups is 1. The number of ether oxygens (including phenoxy) is 2. The SMILES string of the molecule is CCOc1ccc(C(=O)Nc2ccc(Cl)cc2C(F)(F)F)cc1COCc1ccccc1. The Morgan fingerprint density at radius 1 is 1.00 bits per heavy atom. The molecule has 8 heteroatoms. The second kappa shape index (κ2) is 10.5. The fourth-order valence-electron chi connectivity index (χ4n) is 3.04. The summed E-state index contributed by atoms with van der Waals surface area (Å²) in [5.41, 5.74) is 0.387. The van der Waals surface area contributed by atoms with Crippen LogP contribution in [0, 0.1) is 0 Å². The molecule has 0 aliphatic heterocycles. The van der Waals surface area contributed by atoms with Crippen LogP contribution in [-0.2, 0) is 24.1 Å². The second-order valence-corrected chi connectivity index (χ2v) is 7.31. The van der Waals surface area contributed by atoms with Crippen LogP contribution in [0.15, 0.2) is 66.7 Å². The zero-order valence-corrected chi connectivity index (χ0v) is 18.0. The Bertz CT molecular complexity index is 1070. The number of halogens is 4. The van der Waals surface area contributed by atoms with Gasteiger partial charge in [-0.25, -0.2) is 0 Å². The molecule has 0 spiro atoms. The Labute approximate surface area is 188 Å². The number of anilines is 1. The summed E-state index contributed by atoms with van der Waals surface area (Å²) in [6.45, 7) is 2.77. The highest BCUT2D eigenvalue weighted by Crippen LogP contribution is 2.36. The smallest absolute Gasteiger partial charge is 0.418 e. The molecular weight excluding hydrogens is 443 g/mol. The molecule has 0 aliphatic carbocycles. The van der Waals surface area contributed by atoms with Crippen LogP contribution in [0.3, 0.4) is 0 Å². The molecule has 32 heavy (non-hydrogen) atoms. The molecule has 168 valence electrons. The molecule has 0 saturated heterocycles. The average molecular weight is 464 g/mol. The van der Waals surface area contributed by atoms with Gasteiger partial charge in [-0.2, -0.15) is 13.2 Å². The van der Waals surface area contributed by atoms with Crippen molar-refractivity contribution < 1.29 is 27.4 Å². The number of alkyl halides is 3. The van der Waals surface area contributed by atoms with Crippen molar-refractivity contribution in [3.8, 4) is 5.75 Å². The summed E-state index contributed by atoms with van der Waals surface area (Å²) in [6.07, 6.45) is -4.66. The molecule has 0 radical (unpaired) electrons. The van der Waals surface area contributed by atoms with Gasteiger partial charge in [-0.05, 0) is 48.9 Å². The first-order valence-corrected chi connectivity index (χ1v) is 10.2. The molecular formula is C24H21ClF3NO3. The van der Waals surface area contributed by atoms with Crippen LogP contribution >= 0.6 is 11.6 Å². The zero-order chi connectivity index (χ0) is 23.1. The van der Waals surface area contributed by atoms with E-state index < -0.39 is 17.6 Å². The van der Waals surface area contributed by atoms with E-state index in [1.165, 1.54) is 12.1 Å². The van der Waals surface area contributed by atoms with Crippen LogP contribution in [0.25, 0.3) is 0 Å². The number of benzene rings is 3. The summed E-state index contributed by atoms with van der Waals surface area (Å²) < 4.78 is 51.3. The van der Waals surface area contributed by atoms with Gasteiger partial charge >= 0.3 is 6.18 Å². The van der Waals surface area contributed by atoms with Gasteiger partial charge in [0, 0.05) is 16.1 Å². The van der Waals surface area contributed by atoms with Crippen molar-refractivity contribution in [2.75, 3.05) is 11.9 Å². The lowest BCUT2D eigenvalue weighted by atomic mass is 10.1. The van der Waals surface area contributed by atoms with Gasteiger partial charge in [0.25, 0.3) is 5.91 Å². The highest BCUT2D eigenvalue weighted by atomic mass is 35.5. The molecule has 3 aromatic carbocycles. The van der Waals surface area contributed by atoms with E-state index in [1.54, 1.807) is 12.1 Å². The van der Waals surface area contributed by atoms with E-state index >= 15 is 0 Å². The number of hydrogen-bond donors (Lipinski definition) is 1. The van der Waals surface area contributed by atoms with E-state index in [0.29, 0.717) is 24.5 Å². The highest BCUT2D eigenvalue weighted by molar-refractivity contribution is 6.30. The van der Waals surface area contributed by atoms with Gasteiger partial charge in [0.05, 0.1) is 31.1 Å². The van der Waals surface area contributed by atoms with Gasteiger partial charge in [-0.15, -0.1) is 0 Å². The summed E-state index contributed by atoms with van der Waals surface area (Å²) >= 11 is 5.70. The minimum atomic E-state index is -4.66. The molecule has 0 heterocycles. The highest BCUT2D eigenvalue weighted by Gasteiger charge is 2.34. The Kier molecular flexibility index (Phi) is 7.77. The maximum absolute atomic E-state index is 13.3. The van der Waals surface area contributed by atoms with Crippen LogP contribution in [-0.4, -0.2) is 12.5 Å². The van der Waals surface area contributed by atoms with Crippen LogP contribution < -0.4 is 10.1 Å². The van der Waals surface area contributed by atoms with Gasteiger partial charge in [0.15, 0.2) is 0 Å². The molecule has 0 unspecified atom stereocenters. The Morgan fingerprint density at radius 3 is 2.44 bits per heavy atom. The fraction of sp³-hybridized carbons (Fsp3) is 0.208. The van der Waals surface area contributed by atoms with Crippen molar-refractivity contribution in [2.45, 2.75) is 26.3 Å². The van der Waals surface area contributed by atoms with Gasteiger partial charge in [-0.3, -0.25) is 4.79 Å². The van der Waals surface area contributed by atoms with E-state index in [4.69, 9.17) is 21.1 Å². The minimum absolute atomic E-state index is 0.0748. The Hall–Kier alpha value is -3.03. The number of hydrogen-bond acceptors (Lipinski definition) is 3. The predicted octanol–water partition coefficient (Wildman–Crippen LogP) is 6.73. The Morgan fingerprint density at radius 2 is 1.75 bits per heavy atom. The molecule has 0 fully saturated rings. The van der Waals surface area contributed by atoms with Crippen LogP contribution in [0.2, 0.25) is 5.02 Å². The zero-order valence-electron chi connectivity index (χ0n) is 17.2. The first kappa shape index (κ1) is 23.6. The summed E-state index contributed by atoms with van der Waals surface area (Å²) in [5, 5.41) is 2.25. The van der Waals surface area contributed by atoms with Gasteiger partial charge in [0.2, 0.25) is 0 Å². The standard InChI is InChI=1S/C24H21ClF3NO3/c1-2-32-22-11-8-17(12-18(22)15-31-14-16-6-4-3-5-7-16)23(30)29-21-10-9-19(25)13-20(21)24(26,27)28/h3-13H,2,14-15H2,1H3,(H,29,30). The molecule has 0 aliphatic rings. The topological polar surface area (TPSA) is 47.6 Å². The molecule has 0 aromatic heterocycles. The Balaban J connectivity index is 1.79. The van der Waals surface area contributed by atoms with Crippen LogP contribution in [0.1, 0.15) is 34.0 Å². The first-order chi connectivity index (χ1) is 15.3. The largest absolute Gasteiger partial charge is 0.494 e. The molecule has 4 nitrogen and oxygen atoms in total. The van der Waals surface area contributed by atoms with E-state index in [1.807, 2.05) is 37.3 Å². The van der Waals surface area contributed by atoms with Crippen molar-refractivity contribution in [1.82, 2.24) is 0 Å². The summed E-state index contributed by atoms with van der Waals surface area (Å²) in [6, 6.07) is 17.4. The molecule has 3 rings (SSSR count). The minimum Gasteiger partial charge on any atom is -0.494 e. The number of carbonyl (C=O) groups excluding carboxylic acids is 1. The third-order valence-electron chi connectivity index (χ3n) is 4.53. The number of rotatable bonds is 8. The van der Waals surface area contributed by atoms with Crippen molar-refractivity contribution >= 4 is 23.2 Å². The van der Waals surface area contributed by atoms with Gasteiger partial charge < -0.3 is 14.8 Å². The molecule has 1 amide bonds. The normalized spacial score (nSPS) is 11.3. The quantitative estimate of drug-likeness (QED) is 0.403. The number of nitrogens with one attached hydrogen (secondary N) is 1. The monoisotopic (exact) mass is 463 g/mol. The summed E-state index contributed by atoms with van der Waals surface area (Å²) in [5.74, 6) is -0.148. The molecule has 3 aromatic rings. The molecule has 0 saturated carbocycles. The molecule has 0 atom stereocenters. The summed E-state index contributed by atoms with van der Waals surface area (Å²) in [4.78, 5) is 12.7. The lowest BCUT2D eigenvalue weighted by molar-refractivity contribution is -0.136. The first-order valence-electron chi connectivity index (χ1n) is 9.83. The average Bonchev–Trinajstić information content (AvgIpc) is 2.76. The maximum Gasteiger partial charge on any atom is 0.418 e. The third-order valence-corrected chi connectivity index (χ3v) is 4.76. The lowest BCUT2D eigenvalue weighted by Crippen LogP contribution is -2.17. The van der Waals surface area contributed by atoms with Gasteiger partial charge in [0.1, 0.15) is 5.75 Å². The van der Waals surface area contributed by atoms with E-state index in [2.05, 4.69) is 5.32 Å². The van der Waals surface area contributed by atoms with Gasteiger partial charge in [-0.1, -0.05) is 41.9 Å². The van der Waals surface area contributed by atoms with E-state index in [9.17, 15) is 18.0 Å². The van der Waals surface area contributed by atoms with Crippen molar-refractivity contribution in [3.05, 3.63) is 94.0 Å².